The third-order valence-electron chi connectivity index (χ3n) is 6.35. The van der Waals surface area contributed by atoms with Crippen molar-refractivity contribution in [3.63, 3.8) is 0 Å². The zero-order valence-electron chi connectivity index (χ0n) is 16.8. The summed E-state index contributed by atoms with van der Waals surface area (Å²) in [5, 5.41) is 2.86. The van der Waals surface area contributed by atoms with Crippen molar-refractivity contribution in [1.82, 2.24) is 0 Å². The number of hydrogen-bond acceptors (Lipinski definition) is 2. The van der Waals surface area contributed by atoms with Crippen molar-refractivity contribution < 1.29 is 9.59 Å². The second-order valence-electron chi connectivity index (χ2n) is 8.08. The largest absolute Gasteiger partial charge is 0.294 e. The molecular formula is C26H22ClNO2. The number of halogens is 1. The highest BCUT2D eigenvalue weighted by Crippen LogP contribution is 2.45. The van der Waals surface area contributed by atoms with Gasteiger partial charge in [-0.05, 0) is 53.8 Å². The zero-order valence-corrected chi connectivity index (χ0v) is 17.6. The molecular weight excluding hydrogens is 394 g/mol. The van der Waals surface area contributed by atoms with Crippen LogP contribution in [0.1, 0.15) is 42.7 Å². The molecule has 3 aromatic carbocycles. The Morgan fingerprint density at radius 2 is 1.70 bits per heavy atom. The molecule has 3 nitrogen and oxygen atoms in total. The summed E-state index contributed by atoms with van der Waals surface area (Å²) in [5.74, 6) is -0.0275. The Morgan fingerprint density at radius 1 is 0.933 bits per heavy atom. The van der Waals surface area contributed by atoms with Gasteiger partial charge in [0, 0.05) is 35.1 Å². The molecule has 1 amide bonds. The molecule has 0 bridgehead atoms. The number of carbonyl (C=O) groups is 2. The number of nitrogens with zero attached hydrogens (tertiary/aromatic N) is 1. The summed E-state index contributed by atoms with van der Waals surface area (Å²) in [7, 11) is 0. The Bertz CT molecular complexity index is 1220. The van der Waals surface area contributed by atoms with Gasteiger partial charge in [0.2, 0.25) is 5.91 Å². The molecule has 0 fully saturated rings. The third-order valence-corrected chi connectivity index (χ3v) is 6.76. The Hall–Kier alpha value is -2.91. The van der Waals surface area contributed by atoms with Crippen LogP contribution in [0.25, 0.3) is 10.8 Å². The lowest BCUT2D eigenvalue weighted by Gasteiger charge is -2.39. The Balaban J connectivity index is 1.73. The van der Waals surface area contributed by atoms with Crippen molar-refractivity contribution in [3.8, 4) is 0 Å². The van der Waals surface area contributed by atoms with Crippen LogP contribution in [0.3, 0.4) is 0 Å². The van der Waals surface area contributed by atoms with Crippen LogP contribution >= 0.6 is 11.6 Å². The van der Waals surface area contributed by atoms with E-state index in [4.69, 9.17) is 11.6 Å². The zero-order chi connectivity index (χ0) is 20.8. The van der Waals surface area contributed by atoms with Crippen LogP contribution in [-0.4, -0.2) is 11.7 Å². The number of hydrogen-bond donors (Lipinski definition) is 0. The quantitative estimate of drug-likeness (QED) is 0.490. The van der Waals surface area contributed by atoms with Crippen LogP contribution < -0.4 is 4.90 Å². The van der Waals surface area contributed by atoms with Crippen molar-refractivity contribution in [2.45, 2.75) is 38.5 Å². The lowest BCUT2D eigenvalue weighted by molar-refractivity contribution is -0.119. The molecule has 0 radical (unpaired) electrons. The highest BCUT2D eigenvalue weighted by molar-refractivity contribution is 6.31. The predicted molar refractivity (Wildman–Crippen MR) is 121 cm³/mol. The van der Waals surface area contributed by atoms with E-state index >= 15 is 0 Å². The molecule has 1 heterocycles. The van der Waals surface area contributed by atoms with E-state index in [2.05, 4.69) is 24.3 Å². The molecule has 2 aliphatic rings. The fourth-order valence-electron chi connectivity index (χ4n) is 4.93. The summed E-state index contributed by atoms with van der Waals surface area (Å²) in [6.45, 7) is 1.92. The number of allylic oxidation sites excluding steroid dienone is 2. The normalized spacial score (nSPS) is 19.4. The van der Waals surface area contributed by atoms with Gasteiger partial charge in [0.25, 0.3) is 0 Å². The van der Waals surface area contributed by atoms with Gasteiger partial charge in [0.1, 0.15) is 0 Å². The van der Waals surface area contributed by atoms with Crippen molar-refractivity contribution in [2.75, 3.05) is 4.90 Å². The van der Waals surface area contributed by atoms with Gasteiger partial charge >= 0.3 is 0 Å². The molecule has 0 saturated carbocycles. The van der Waals surface area contributed by atoms with E-state index in [0.29, 0.717) is 11.4 Å². The number of fused-ring (bicyclic) bond motifs is 1. The van der Waals surface area contributed by atoms with E-state index in [1.165, 1.54) is 0 Å². The van der Waals surface area contributed by atoms with E-state index in [1.54, 1.807) is 4.90 Å². The standard InChI is InChI=1S/C26H22ClNO2/c1-16-21(27)11-5-12-22(16)28-23-13-6-14-24(29)26(23)20(15-25(28)30)19-10-4-8-17-7-2-3-9-18(17)19/h2-5,7-12,20H,6,13-15H2,1H3. The Kier molecular flexibility index (Phi) is 4.71. The number of benzene rings is 3. The van der Waals surface area contributed by atoms with Crippen LogP contribution in [0, 0.1) is 6.92 Å². The van der Waals surface area contributed by atoms with Gasteiger partial charge in [-0.2, -0.15) is 0 Å². The van der Waals surface area contributed by atoms with Crippen molar-refractivity contribution in [3.05, 3.63) is 88.1 Å². The van der Waals surface area contributed by atoms with Gasteiger partial charge in [-0.15, -0.1) is 0 Å². The number of rotatable bonds is 2. The summed E-state index contributed by atoms with van der Waals surface area (Å²) in [5.41, 5.74) is 4.36. The molecule has 1 aliphatic carbocycles. The maximum atomic E-state index is 13.5. The first-order valence-corrected chi connectivity index (χ1v) is 10.8. The molecule has 0 aromatic heterocycles. The highest BCUT2D eigenvalue weighted by Gasteiger charge is 2.40. The monoisotopic (exact) mass is 415 g/mol. The average Bonchev–Trinajstić information content (AvgIpc) is 2.75. The van der Waals surface area contributed by atoms with Gasteiger partial charge < -0.3 is 0 Å². The number of amides is 1. The molecule has 1 unspecified atom stereocenters. The Labute approximate surface area is 181 Å². The van der Waals surface area contributed by atoms with E-state index in [1.807, 2.05) is 43.3 Å². The third kappa shape index (κ3) is 2.96. The lowest BCUT2D eigenvalue weighted by Crippen LogP contribution is -2.41. The molecule has 0 saturated heterocycles. The van der Waals surface area contributed by atoms with Crippen molar-refractivity contribution in [2.24, 2.45) is 0 Å². The molecule has 1 aliphatic heterocycles. The summed E-state index contributed by atoms with van der Waals surface area (Å²) in [6.07, 6.45) is 2.31. The first-order valence-electron chi connectivity index (χ1n) is 10.4. The smallest absolute Gasteiger partial charge is 0.232 e. The SMILES string of the molecule is Cc1c(Cl)cccc1N1C(=O)CC(c2cccc3ccccc23)C2=C1CCCC2=O. The summed E-state index contributed by atoms with van der Waals surface area (Å²) in [6, 6.07) is 19.9. The number of ketones is 1. The maximum absolute atomic E-state index is 13.5. The lowest BCUT2D eigenvalue weighted by atomic mass is 9.76. The highest BCUT2D eigenvalue weighted by atomic mass is 35.5. The van der Waals surface area contributed by atoms with Gasteiger partial charge in [0.15, 0.2) is 5.78 Å². The van der Waals surface area contributed by atoms with Gasteiger partial charge in [-0.1, -0.05) is 60.1 Å². The molecule has 1 atom stereocenters. The number of carbonyl (C=O) groups excluding carboxylic acids is 2. The molecule has 5 rings (SSSR count). The van der Waals surface area contributed by atoms with Crippen LogP contribution in [0.4, 0.5) is 5.69 Å². The predicted octanol–water partition coefficient (Wildman–Crippen LogP) is 6.33. The number of Topliss-reactive ketones (excluding diaryl/α,β-unsaturated/α-hetero) is 1. The maximum Gasteiger partial charge on any atom is 0.232 e. The van der Waals surface area contributed by atoms with Crippen molar-refractivity contribution in [1.29, 1.82) is 0 Å². The fraction of sp³-hybridized carbons (Fsp3) is 0.231. The first-order chi connectivity index (χ1) is 14.6. The summed E-state index contributed by atoms with van der Waals surface area (Å²) in [4.78, 5) is 28.4. The van der Waals surface area contributed by atoms with E-state index in [9.17, 15) is 9.59 Å². The topological polar surface area (TPSA) is 37.4 Å². The minimum atomic E-state index is -0.206. The van der Waals surface area contributed by atoms with E-state index < -0.39 is 0 Å². The van der Waals surface area contributed by atoms with Crippen LogP contribution in [0.15, 0.2) is 71.9 Å². The summed E-state index contributed by atoms with van der Waals surface area (Å²) < 4.78 is 0. The second kappa shape index (κ2) is 7.41. The van der Waals surface area contributed by atoms with Crippen LogP contribution in [0.5, 0.6) is 0 Å². The molecule has 3 aromatic rings. The van der Waals surface area contributed by atoms with E-state index in [-0.39, 0.29) is 24.0 Å². The van der Waals surface area contributed by atoms with Gasteiger partial charge in [-0.25, -0.2) is 0 Å². The Morgan fingerprint density at radius 3 is 2.57 bits per heavy atom. The minimum absolute atomic E-state index is 0.0201. The molecule has 4 heteroatoms. The first kappa shape index (κ1) is 19.1. The molecule has 150 valence electrons. The summed E-state index contributed by atoms with van der Waals surface area (Å²) >= 11 is 6.35. The minimum Gasteiger partial charge on any atom is -0.294 e. The second-order valence-corrected chi connectivity index (χ2v) is 8.48. The van der Waals surface area contributed by atoms with Crippen molar-refractivity contribution >= 4 is 39.8 Å². The molecule has 30 heavy (non-hydrogen) atoms. The van der Waals surface area contributed by atoms with Gasteiger partial charge in [-0.3, -0.25) is 14.5 Å². The van der Waals surface area contributed by atoms with E-state index in [0.717, 1.165) is 51.7 Å². The van der Waals surface area contributed by atoms with Crippen LogP contribution in [0.2, 0.25) is 5.02 Å². The molecule has 0 spiro atoms. The fourth-order valence-corrected chi connectivity index (χ4v) is 5.10. The van der Waals surface area contributed by atoms with Gasteiger partial charge in [0.05, 0.1) is 5.69 Å². The number of anilines is 1. The average molecular weight is 416 g/mol. The molecule has 0 N–H and O–H groups in total. The van der Waals surface area contributed by atoms with Crippen LogP contribution in [-0.2, 0) is 9.59 Å².